The average Bonchev–Trinajstić information content (AvgIpc) is 3.30. The summed E-state index contributed by atoms with van der Waals surface area (Å²) in [5.41, 5.74) is -0.119. The van der Waals surface area contributed by atoms with Crippen LogP contribution in [0.1, 0.15) is 36.2 Å². The molecule has 0 atom stereocenters. The lowest BCUT2D eigenvalue weighted by Crippen LogP contribution is -2.31. The summed E-state index contributed by atoms with van der Waals surface area (Å²) in [5.74, 6) is 0.625. The number of aromatic nitrogens is 1. The van der Waals surface area contributed by atoms with Crippen LogP contribution in [0.2, 0.25) is 0 Å². The maximum absolute atomic E-state index is 12.1. The van der Waals surface area contributed by atoms with Crippen LogP contribution in [0.5, 0.6) is 0 Å². The number of carbonyl (C=O) groups is 1. The number of sulfonamides is 1. The van der Waals surface area contributed by atoms with E-state index in [0.29, 0.717) is 24.3 Å². The van der Waals surface area contributed by atoms with Gasteiger partial charge in [-0.05, 0) is 49.5 Å². The number of rotatable bonds is 7. The fourth-order valence-corrected chi connectivity index (χ4v) is 3.77. The summed E-state index contributed by atoms with van der Waals surface area (Å²) < 4.78 is 26.9. The van der Waals surface area contributed by atoms with Gasteiger partial charge in [-0.15, -0.1) is 0 Å². The normalized spacial score (nSPS) is 19.4. The highest BCUT2D eigenvalue weighted by molar-refractivity contribution is 7.89. The minimum Gasteiger partial charge on any atom is -0.477 e. The number of hydrogen-bond acceptors (Lipinski definition) is 3. The van der Waals surface area contributed by atoms with Gasteiger partial charge in [-0.25, -0.2) is 17.9 Å². The molecule has 0 saturated heterocycles. The number of carboxylic acid groups (broad SMARTS) is 1. The highest BCUT2D eigenvalue weighted by Gasteiger charge is 2.41. The molecule has 3 N–H and O–H groups in total. The molecule has 2 aliphatic rings. The van der Waals surface area contributed by atoms with Crippen LogP contribution in [0.15, 0.2) is 17.2 Å². The Bertz CT molecular complexity index is 602. The van der Waals surface area contributed by atoms with Gasteiger partial charge in [0, 0.05) is 12.7 Å². The van der Waals surface area contributed by atoms with Crippen LogP contribution in [-0.4, -0.2) is 31.0 Å². The third kappa shape index (κ3) is 2.88. The summed E-state index contributed by atoms with van der Waals surface area (Å²) in [5, 5.41) is 8.80. The summed E-state index contributed by atoms with van der Waals surface area (Å²) in [6.45, 7) is 0.464. The summed E-state index contributed by atoms with van der Waals surface area (Å²) in [7, 11) is -3.62. The quantitative estimate of drug-likeness (QED) is 0.709. The van der Waals surface area contributed by atoms with Crippen molar-refractivity contribution in [1.82, 2.24) is 9.71 Å². The van der Waals surface area contributed by atoms with Gasteiger partial charge in [-0.3, -0.25) is 0 Å². The van der Waals surface area contributed by atoms with Gasteiger partial charge in [0.25, 0.3) is 0 Å². The predicted molar refractivity (Wildman–Crippen MR) is 71.9 cm³/mol. The standard InChI is InChI=1S/C13H18N2O4S/c16-13(17)12-5-10(6-14-12)20(18,19)15-7-11(8-1-2-8)9-3-4-9/h5-6,8-9,11,14-15H,1-4,7H2,(H,16,17). The van der Waals surface area contributed by atoms with E-state index in [0.717, 1.165) is 6.07 Å². The Morgan fingerprint density at radius 2 is 1.95 bits per heavy atom. The first-order valence-corrected chi connectivity index (χ1v) is 8.37. The van der Waals surface area contributed by atoms with E-state index in [-0.39, 0.29) is 10.6 Å². The largest absolute Gasteiger partial charge is 0.477 e. The van der Waals surface area contributed by atoms with Crippen LogP contribution in [-0.2, 0) is 10.0 Å². The van der Waals surface area contributed by atoms with Crippen LogP contribution < -0.4 is 4.72 Å². The van der Waals surface area contributed by atoms with Gasteiger partial charge in [0.15, 0.2) is 0 Å². The predicted octanol–water partition coefficient (Wildman–Crippen LogP) is 1.43. The van der Waals surface area contributed by atoms with E-state index in [1.54, 1.807) is 0 Å². The maximum Gasteiger partial charge on any atom is 0.352 e. The molecule has 0 radical (unpaired) electrons. The molecule has 110 valence electrons. The van der Waals surface area contributed by atoms with Gasteiger partial charge in [-0.2, -0.15) is 0 Å². The van der Waals surface area contributed by atoms with Crippen molar-refractivity contribution in [3.8, 4) is 0 Å². The molecule has 0 aromatic carbocycles. The molecule has 2 aliphatic carbocycles. The Labute approximate surface area is 117 Å². The van der Waals surface area contributed by atoms with Crippen molar-refractivity contribution in [3.05, 3.63) is 18.0 Å². The number of H-pyrrole nitrogens is 1. The molecule has 1 aromatic heterocycles. The Hall–Kier alpha value is -1.34. The zero-order valence-corrected chi connectivity index (χ0v) is 11.8. The lowest BCUT2D eigenvalue weighted by Gasteiger charge is -2.15. The molecular weight excluding hydrogens is 280 g/mol. The van der Waals surface area contributed by atoms with E-state index in [9.17, 15) is 13.2 Å². The lowest BCUT2D eigenvalue weighted by atomic mass is 9.99. The van der Waals surface area contributed by atoms with Gasteiger partial charge in [0.05, 0.1) is 0 Å². The third-order valence-corrected chi connectivity index (χ3v) is 5.56. The van der Waals surface area contributed by atoms with Crippen molar-refractivity contribution in [1.29, 1.82) is 0 Å². The smallest absolute Gasteiger partial charge is 0.352 e. The number of aromatic carboxylic acids is 1. The van der Waals surface area contributed by atoms with Crippen LogP contribution in [0, 0.1) is 17.8 Å². The first-order chi connectivity index (χ1) is 9.47. The van der Waals surface area contributed by atoms with Gasteiger partial charge in [-0.1, -0.05) is 0 Å². The molecule has 0 bridgehead atoms. The highest BCUT2D eigenvalue weighted by atomic mass is 32.2. The summed E-state index contributed by atoms with van der Waals surface area (Å²) in [4.78, 5) is 13.2. The van der Waals surface area contributed by atoms with Gasteiger partial charge in [0.1, 0.15) is 10.6 Å². The summed E-state index contributed by atoms with van der Waals surface area (Å²) >= 11 is 0. The van der Waals surface area contributed by atoms with Crippen molar-refractivity contribution in [2.24, 2.45) is 17.8 Å². The number of hydrogen-bond donors (Lipinski definition) is 3. The molecule has 0 amide bonds. The maximum atomic E-state index is 12.1. The molecule has 1 heterocycles. The molecule has 20 heavy (non-hydrogen) atoms. The Balaban J connectivity index is 1.66. The Morgan fingerprint density at radius 3 is 2.40 bits per heavy atom. The molecule has 0 spiro atoms. The molecule has 0 aliphatic heterocycles. The fourth-order valence-electron chi connectivity index (χ4n) is 2.71. The second-order valence-corrected chi connectivity index (χ2v) is 7.51. The molecule has 6 nitrogen and oxygen atoms in total. The Kier molecular flexibility index (Phi) is 3.33. The van der Waals surface area contributed by atoms with Crippen LogP contribution in [0.25, 0.3) is 0 Å². The number of nitrogens with one attached hydrogen (secondary N) is 2. The first kappa shape index (κ1) is 13.6. The highest BCUT2D eigenvalue weighted by Crippen LogP contribution is 2.48. The monoisotopic (exact) mass is 298 g/mol. The Morgan fingerprint density at radius 1 is 1.35 bits per heavy atom. The van der Waals surface area contributed by atoms with Crippen LogP contribution >= 0.6 is 0 Å². The van der Waals surface area contributed by atoms with Crippen molar-refractivity contribution in [2.75, 3.05) is 6.54 Å². The second kappa shape index (κ2) is 4.89. The van der Waals surface area contributed by atoms with Crippen molar-refractivity contribution < 1.29 is 18.3 Å². The van der Waals surface area contributed by atoms with Crippen LogP contribution in [0.3, 0.4) is 0 Å². The zero-order chi connectivity index (χ0) is 14.3. The van der Waals surface area contributed by atoms with E-state index in [1.807, 2.05) is 0 Å². The number of aromatic amines is 1. The molecule has 7 heteroatoms. The van der Waals surface area contributed by atoms with Gasteiger partial charge < -0.3 is 10.1 Å². The second-order valence-electron chi connectivity index (χ2n) is 5.74. The first-order valence-electron chi connectivity index (χ1n) is 6.89. The van der Waals surface area contributed by atoms with Crippen molar-refractivity contribution in [2.45, 2.75) is 30.6 Å². The molecule has 3 rings (SSSR count). The van der Waals surface area contributed by atoms with Gasteiger partial charge in [0.2, 0.25) is 10.0 Å². The van der Waals surface area contributed by atoms with E-state index >= 15 is 0 Å². The topological polar surface area (TPSA) is 99.3 Å². The van der Waals surface area contributed by atoms with Crippen LogP contribution in [0.4, 0.5) is 0 Å². The molecule has 2 saturated carbocycles. The minimum absolute atomic E-state index is 0.0137. The third-order valence-electron chi connectivity index (χ3n) is 4.16. The SMILES string of the molecule is O=C(O)c1cc(S(=O)(=O)NCC(C2CC2)C2CC2)c[nH]1. The zero-order valence-electron chi connectivity index (χ0n) is 11.0. The number of carboxylic acids is 1. The minimum atomic E-state index is -3.62. The van der Waals surface area contributed by atoms with E-state index in [4.69, 9.17) is 5.11 Å². The summed E-state index contributed by atoms with van der Waals surface area (Å²) in [6.07, 6.45) is 6.04. The summed E-state index contributed by atoms with van der Waals surface area (Å²) in [6, 6.07) is 1.15. The van der Waals surface area contributed by atoms with Gasteiger partial charge >= 0.3 is 5.97 Å². The fraction of sp³-hybridized carbons (Fsp3) is 0.615. The van der Waals surface area contributed by atoms with E-state index in [2.05, 4.69) is 9.71 Å². The molecule has 0 unspecified atom stereocenters. The molecule has 1 aromatic rings. The molecule has 2 fully saturated rings. The van der Waals surface area contributed by atoms with E-state index < -0.39 is 16.0 Å². The van der Waals surface area contributed by atoms with E-state index in [1.165, 1.54) is 31.9 Å². The van der Waals surface area contributed by atoms with Crippen molar-refractivity contribution in [3.63, 3.8) is 0 Å². The lowest BCUT2D eigenvalue weighted by molar-refractivity contribution is 0.0691. The molecular formula is C13H18N2O4S. The average molecular weight is 298 g/mol. The van der Waals surface area contributed by atoms with Crippen molar-refractivity contribution >= 4 is 16.0 Å².